The van der Waals surface area contributed by atoms with Crippen LogP contribution in [0.4, 0.5) is 0 Å². The number of benzene rings is 1. The van der Waals surface area contributed by atoms with Crippen molar-refractivity contribution in [1.82, 2.24) is 9.88 Å². The lowest BCUT2D eigenvalue weighted by atomic mass is 9.67. The fourth-order valence-corrected chi connectivity index (χ4v) is 5.18. The Hall–Kier alpha value is -1.72. The number of hydrogen-bond acceptors (Lipinski definition) is 4. The second-order valence-corrected chi connectivity index (χ2v) is 8.44. The average Bonchev–Trinajstić information content (AvgIpc) is 3.23. The lowest BCUT2D eigenvalue weighted by Crippen LogP contribution is -2.43. The molecule has 1 amide bonds. The van der Waals surface area contributed by atoms with E-state index in [1.807, 2.05) is 47.5 Å². The van der Waals surface area contributed by atoms with E-state index >= 15 is 0 Å². The minimum atomic E-state index is -0.809. The number of carbonyl (C=O) groups excluding carboxylic acids is 1. The molecule has 5 heteroatoms. The molecule has 1 aliphatic heterocycles. The van der Waals surface area contributed by atoms with Crippen molar-refractivity contribution in [1.29, 1.82) is 0 Å². The number of aliphatic hydroxyl groups is 1. The van der Waals surface area contributed by atoms with E-state index in [9.17, 15) is 9.90 Å². The van der Waals surface area contributed by atoms with E-state index in [1.165, 1.54) is 0 Å². The second kappa shape index (κ2) is 6.54. The lowest BCUT2D eigenvalue weighted by Gasteiger charge is -2.41. The summed E-state index contributed by atoms with van der Waals surface area (Å²) >= 11 is 1.58. The molecule has 1 saturated heterocycles. The van der Waals surface area contributed by atoms with E-state index in [0.717, 1.165) is 42.1 Å². The molecule has 1 saturated carbocycles. The Balaban J connectivity index is 1.52. The molecule has 2 heterocycles. The molecule has 25 heavy (non-hydrogen) atoms. The third-order valence-corrected chi connectivity index (χ3v) is 6.63. The number of amides is 1. The van der Waals surface area contributed by atoms with Crippen LogP contribution in [0.25, 0.3) is 0 Å². The van der Waals surface area contributed by atoms with Crippen molar-refractivity contribution in [2.24, 2.45) is 11.8 Å². The zero-order chi connectivity index (χ0) is 17.4. The van der Waals surface area contributed by atoms with Gasteiger partial charge in [-0.15, -0.1) is 11.3 Å². The maximum atomic E-state index is 12.7. The Morgan fingerprint density at radius 3 is 2.88 bits per heavy atom. The maximum absolute atomic E-state index is 12.7. The van der Waals surface area contributed by atoms with E-state index in [4.69, 9.17) is 0 Å². The van der Waals surface area contributed by atoms with E-state index in [2.05, 4.69) is 4.98 Å². The Bertz CT molecular complexity index is 760. The fourth-order valence-electron chi connectivity index (χ4n) is 4.57. The van der Waals surface area contributed by atoms with Gasteiger partial charge in [0.05, 0.1) is 22.7 Å². The zero-order valence-corrected chi connectivity index (χ0v) is 15.3. The predicted molar refractivity (Wildman–Crippen MR) is 98.3 cm³/mol. The summed E-state index contributed by atoms with van der Waals surface area (Å²) in [6, 6.07) is 9.99. The molecule has 1 aromatic heterocycles. The van der Waals surface area contributed by atoms with Crippen molar-refractivity contribution >= 4 is 17.2 Å². The van der Waals surface area contributed by atoms with Gasteiger partial charge in [0.15, 0.2) is 0 Å². The smallest absolute Gasteiger partial charge is 0.228 e. The summed E-state index contributed by atoms with van der Waals surface area (Å²) in [7, 11) is 0. The van der Waals surface area contributed by atoms with Gasteiger partial charge in [-0.1, -0.05) is 30.3 Å². The third kappa shape index (κ3) is 3.11. The molecule has 132 valence electrons. The van der Waals surface area contributed by atoms with Crippen LogP contribution in [-0.4, -0.2) is 34.0 Å². The van der Waals surface area contributed by atoms with Crippen LogP contribution in [0.15, 0.2) is 35.7 Å². The van der Waals surface area contributed by atoms with Crippen molar-refractivity contribution < 1.29 is 9.90 Å². The summed E-state index contributed by atoms with van der Waals surface area (Å²) in [5, 5.41) is 14.4. The highest BCUT2D eigenvalue weighted by Crippen LogP contribution is 2.48. The first-order valence-corrected chi connectivity index (χ1v) is 9.91. The van der Waals surface area contributed by atoms with Gasteiger partial charge in [-0.2, -0.15) is 0 Å². The minimum absolute atomic E-state index is 0.129. The van der Waals surface area contributed by atoms with Gasteiger partial charge >= 0.3 is 0 Å². The molecule has 1 aromatic carbocycles. The Morgan fingerprint density at radius 2 is 2.16 bits per heavy atom. The molecule has 3 atom stereocenters. The van der Waals surface area contributed by atoms with Crippen LogP contribution in [-0.2, 0) is 16.8 Å². The highest BCUT2D eigenvalue weighted by Gasteiger charge is 2.50. The van der Waals surface area contributed by atoms with Crippen LogP contribution in [0.1, 0.15) is 35.5 Å². The summed E-state index contributed by atoms with van der Waals surface area (Å²) in [4.78, 5) is 19.1. The maximum Gasteiger partial charge on any atom is 0.228 e. The second-order valence-electron chi connectivity index (χ2n) is 7.38. The molecule has 4 nitrogen and oxygen atoms in total. The SMILES string of the molecule is Cc1nc(CC(=O)N2C[C@H]3CCC[C@](O)(c4ccccc4)[C@H]3C2)cs1. The number of aryl methyl sites for hydroxylation is 1. The number of fused-ring (bicyclic) bond motifs is 1. The topological polar surface area (TPSA) is 53.4 Å². The van der Waals surface area contributed by atoms with Gasteiger partial charge in [0.2, 0.25) is 5.91 Å². The zero-order valence-electron chi connectivity index (χ0n) is 14.5. The molecule has 0 radical (unpaired) electrons. The highest BCUT2D eigenvalue weighted by atomic mass is 32.1. The largest absolute Gasteiger partial charge is 0.385 e. The quantitative estimate of drug-likeness (QED) is 0.919. The first kappa shape index (κ1) is 16.7. The highest BCUT2D eigenvalue weighted by molar-refractivity contribution is 7.09. The summed E-state index contributed by atoms with van der Waals surface area (Å²) in [6.07, 6.45) is 3.26. The summed E-state index contributed by atoms with van der Waals surface area (Å²) < 4.78 is 0. The number of hydrogen-bond donors (Lipinski definition) is 1. The molecule has 1 aliphatic carbocycles. The van der Waals surface area contributed by atoms with Crippen LogP contribution >= 0.6 is 11.3 Å². The molecule has 0 spiro atoms. The van der Waals surface area contributed by atoms with Crippen LogP contribution < -0.4 is 0 Å². The van der Waals surface area contributed by atoms with Crippen LogP contribution in [0.2, 0.25) is 0 Å². The van der Waals surface area contributed by atoms with Crippen molar-refractivity contribution in [3.8, 4) is 0 Å². The van der Waals surface area contributed by atoms with Crippen LogP contribution in [0, 0.1) is 18.8 Å². The molecule has 2 aliphatic rings. The van der Waals surface area contributed by atoms with Gasteiger partial charge < -0.3 is 10.0 Å². The van der Waals surface area contributed by atoms with Gasteiger partial charge in [0.25, 0.3) is 0 Å². The molecule has 4 rings (SSSR count). The number of rotatable bonds is 3. The molecular formula is C20H24N2O2S. The minimum Gasteiger partial charge on any atom is -0.385 e. The van der Waals surface area contributed by atoms with Crippen molar-refractivity contribution in [2.75, 3.05) is 13.1 Å². The Morgan fingerprint density at radius 1 is 1.36 bits per heavy atom. The summed E-state index contributed by atoms with van der Waals surface area (Å²) in [5.74, 6) is 0.653. The first-order valence-electron chi connectivity index (χ1n) is 9.03. The first-order chi connectivity index (χ1) is 12.1. The van der Waals surface area contributed by atoms with Gasteiger partial charge in [-0.3, -0.25) is 4.79 Å². The standard InChI is InChI=1S/C20H24N2O2S/c1-14-21-17(13-25-14)10-19(23)22-11-15-6-5-9-20(24,18(15)12-22)16-7-3-2-4-8-16/h2-4,7-8,13,15,18,24H,5-6,9-12H2,1H3/t15-,18+,20+/m1/s1. The van der Waals surface area contributed by atoms with Crippen molar-refractivity contribution in [2.45, 2.75) is 38.2 Å². The molecule has 2 aromatic rings. The van der Waals surface area contributed by atoms with Gasteiger partial charge in [-0.25, -0.2) is 4.98 Å². The number of carbonyl (C=O) groups is 1. The van der Waals surface area contributed by atoms with Crippen molar-refractivity contribution in [3.05, 3.63) is 52.0 Å². The monoisotopic (exact) mass is 356 g/mol. The van der Waals surface area contributed by atoms with E-state index in [0.29, 0.717) is 18.9 Å². The summed E-state index contributed by atoms with van der Waals surface area (Å²) in [6.45, 7) is 3.38. The molecule has 0 bridgehead atoms. The molecule has 1 N–H and O–H groups in total. The van der Waals surface area contributed by atoms with Gasteiger partial charge in [0.1, 0.15) is 0 Å². The van der Waals surface area contributed by atoms with E-state index in [1.54, 1.807) is 11.3 Å². The van der Waals surface area contributed by atoms with Crippen LogP contribution in [0.3, 0.4) is 0 Å². The Kier molecular flexibility index (Phi) is 4.38. The predicted octanol–water partition coefficient (Wildman–Crippen LogP) is 3.14. The lowest BCUT2D eigenvalue weighted by molar-refractivity contribution is -0.130. The molecule has 2 fully saturated rings. The fraction of sp³-hybridized carbons (Fsp3) is 0.500. The number of nitrogens with zero attached hydrogens (tertiary/aromatic N) is 2. The normalized spacial score (nSPS) is 28.8. The average molecular weight is 356 g/mol. The molecular weight excluding hydrogens is 332 g/mol. The number of likely N-dealkylation sites (tertiary alicyclic amines) is 1. The summed E-state index contributed by atoms with van der Waals surface area (Å²) in [5.41, 5.74) is 1.05. The van der Waals surface area contributed by atoms with Gasteiger partial charge in [0, 0.05) is 24.4 Å². The number of aromatic nitrogens is 1. The van der Waals surface area contributed by atoms with Crippen molar-refractivity contribution in [3.63, 3.8) is 0 Å². The third-order valence-electron chi connectivity index (χ3n) is 5.81. The number of thiazole rings is 1. The van der Waals surface area contributed by atoms with Gasteiger partial charge in [-0.05, 0) is 37.7 Å². The molecule has 0 unspecified atom stereocenters. The Labute approximate surface area is 152 Å². The van der Waals surface area contributed by atoms with E-state index < -0.39 is 5.60 Å². The van der Waals surface area contributed by atoms with E-state index in [-0.39, 0.29) is 11.8 Å². The van der Waals surface area contributed by atoms with Crippen LogP contribution in [0.5, 0.6) is 0 Å².